The summed E-state index contributed by atoms with van der Waals surface area (Å²) in [7, 11) is 0. The van der Waals surface area contributed by atoms with E-state index in [0.717, 1.165) is 18.2 Å². The van der Waals surface area contributed by atoms with E-state index in [1.54, 1.807) is 0 Å². The Bertz CT molecular complexity index is 728. The second-order valence-corrected chi connectivity index (χ2v) is 5.67. The molecule has 21 heavy (non-hydrogen) atoms. The van der Waals surface area contributed by atoms with Crippen molar-refractivity contribution in [3.8, 4) is 0 Å². The lowest BCUT2D eigenvalue weighted by atomic mass is 10.1. The molecule has 0 saturated heterocycles. The van der Waals surface area contributed by atoms with Gasteiger partial charge in [-0.1, -0.05) is 15.9 Å². The van der Waals surface area contributed by atoms with E-state index < -0.39 is 23.4 Å². The van der Waals surface area contributed by atoms with Crippen LogP contribution in [0.4, 0.5) is 18.9 Å². The molecule has 1 aliphatic heterocycles. The van der Waals surface area contributed by atoms with Crippen LogP contribution in [0.15, 0.2) is 34.8 Å². The number of halogens is 4. The van der Waals surface area contributed by atoms with Gasteiger partial charge in [-0.15, -0.1) is 0 Å². The highest BCUT2D eigenvalue weighted by molar-refractivity contribution is 9.10. The molecular weight excluding hydrogens is 347 g/mol. The maximum absolute atomic E-state index is 13.7. The SMILES string of the molecule is O=C(c1cc(F)cc(Br)c1)N1CCc2c(F)cc(F)cc21. The van der Waals surface area contributed by atoms with Crippen LogP contribution >= 0.6 is 15.9 Å². The minimum atomic E-state index is -0.744. The highest BCUT2D eigenvalue weighted by Gasteiger charge is 2.29. The molecule has 2 aromatic carbocycles. The van der Waals surface area contributed by atoms with Gasteiger partial charge < -0.3 is 4.90 Å². The zero-order valence-corrected chi connectivity index (χ0v) is 12.3. The Hall–Kier alpha value is -1.82. The third kappa shape index (κ3) is 2.55. The van der Waals surface area contributed by atoms with Crippen molar-refractivity contribution in [1.82, 2.24) is 0 Å². The van der Waals surface area contributed by atoms with E-state index in [1.165, 1.54) is 17.0 Å². The summed E-state index contributed by atoms with van der Waals surface area (Å²) in [6.45, 7) is 0.239. The molecule has 1 amide bonds. The number of hydrogen-bond acceptors (Lipinski definition) is 1. The average Bonchev–Trinajstić information content (AvgIpc) is 2.80. The summed E-state index contributed by atoms with van der Waals surface area (Å²) in [6.07, 6.45) is 0.309. The van der Waals surface area contributed by atoms with E-state index in [0.29, 0.717) is 16.5 Å². The number of amides is 1. The normalized spacial score (nSPS) is 13.4. The van der Waals surface area contributed by atoms with E-state index in [9.17, 15) is 18.0 Å². The van der Waals surface area contributed by atoms with E-state index >= 15 is 0 Å². The topological polar surface area (TPSA) is 20.3 Å². The van der Waals surface area contributed by atoms with Gasteiger partial charge in [0.25, 0.3) is 5.91 Å². The summed E-state index contributed by atoms with van der Waals surface area (Å²) < 4.78 is 40.8. The summed E-state index contributed by atoms with van der Waals surface area (Å²) in [4.78, 5) is 13.7. The minimum Gasteiger partial charge on any atom is -0.308 e. The van der Waals surface area contributed by atoms with E-state index in [-0.39, 0.29) is 17.8 Å². The van der Waals surface area contributed by atoms with Crippen LogP contribution in [0.1, 0.15) is 15.9 Å². The molecule has 3 rings (SSSR count). The van der Waals surface area contributed by atoms with E-state index in [1.807, 2.05) is 0 Å². The highest BCUT2D eigenvalue weighted by Crippen LogP contribution is 2.32. The Morgan fingerprint density at radius 3 is 2.48 bits per heavy atom. The van der Waals surface area contributed by atoms with Gasteiger partial charge in [-0.05, 0) is 30.7 Å². The Balaban J connectivity index is 2.02. The third-order valence-corrected chi connectivity index (χ3v) is 3.83. The summed E-state index contributed by atoms with van der Waals surface area (Å²) in [5.74, 6) is -2.45. The van der Waals surface area contributed by atoms with Crippen LogP contribution in [-0.2, 0) is 6.42 Å². The number of benzene rings is 2. The number of hydrogen-bond donors (Lipinski definition) is 0. The molecule has 0 fully saturated rings. The molecule has 1 heterocycles. The maximum atomic E-state index is 13.7. The van der Waals surface area contributed by atoms with Crippen molar-refractivity contribution in [1.29, 1.82) is 0 Å². The number of anilines is 1. The summed E-state index contributed by atoms with van der Waals surface area (Å²) in [5, 5.41) is 0. The Kier molecular flexibility index (Phi) is 3.49. The van der Waals surface area contributed by atoms with Gasteiger partial charge in [0.1, 0.15) is 17.5 Å². The Morgan fingerprint density at radius 2 is 1.76 bits per heavy atom. The van der Waals surface area contributed by atoms with Crippen molar-refractivity contribution < 1.29 is 18.0 Å². The zero-order chi connectivity index (χ0) is 15.1. The predicted octanol–water partition coefficient (Wildman–Crippen LogP) is 4.07. The summed E-state index contributed by atoms with van der Waals surface area (Å²) in [6, 6.07) is 5.72. The molecule has 0 radical (unpaired) electrons. The van der Waals surface area contributed by atoms with Gasteiger partial charge in [-0.25, -0.2) is 13.2 Å². The molecule has 0 unspecified atom stereocenters. The first-order valence-electron chi connectivity index (χ1n) is 6.21. The molecule has 0 spiro atoms. The fraction of sp³-hybridized carbons (Fsp3) is 0.133. The van der Waals surface area contributed by atoms with Crippen LogP contribution in [-0.4, -0.2) is 12.5 Å². The van der Waals surface area contributed by atoms with Gasteiger partial charge >= 0.3 is 0 Å². The van der Waals surface area contributed by atoms with Gasteiger partial charge in [0.05, 0.1) is 5.69 Å². The Morgan fingerprint density at radius 1 is 1.05 bits per heavy atom. The monoisotopic (exact) mass is 355 g/mol. The third-order valence-electron chi connectivity index (χ3n) is 3.37. The smallest absolute Gasteiger partial charge is 0.258 e. The lowest BCUT2D eigenvalue weighted by Gasteiger charge is -2.17. The number of rotatable bonds is 1. The second kappa shape index (κ2) is 5.18. The van der Waals surface area contributed by atoms with Gasteiger partial charge in [-0.2, -0.15) is 0 Å². The minimum absolute atomic E-state index is 0.124. The van der Waals surface area contributed by atoms with Crippen LogP contribution in [0.25, 0.3) is 0 Å². The lowest BCUT2D eigenvalue weighted by Crippen LogP contribution is -2.29. The Labute approximate surface area is 127 Å². The van der Waals surface area contributed by atoms with E-state index in [2.05, 4.69) is 15.9 Å². The van der Waals surface area contributed by atoms with Gasteiger partial charge in [0.2, 0.25) is 0 Å². The molecule has 2 nitrogen and oxygen atoms in total. The molecule has 1 aliphatic rings. The van der Waals surface area contributed by atoms with Gasteiger partial charge in [-0.3, -0.25) is 4.79 Å². The number of carbonyl (C=O) groups is 1. The zero-order valence-electron chi connectivity index (χ0n) is 10.7. The molecule has 6 heteroatoms. The molecule has 108 valence electrons. The predicted molar refractivity (Wildman–Crippen MR) is 75.8 cm³/mol. The molecule has 0 atom stereocenters. The number of carbonyl (C=O) groups excluding carboxylic acids is 1. The molecular formula is C15H9BrF3NO. The largest absolute Gasteiger partial charge is 0.308 e. The van der Waals surface area contributed by atoms with Crippen LogP contribution in [0.3, 0.4) is 0 Å². The fourth-order valence-corrected chi connectivity index (χ4v) is 2.93. The quantitative estimate of drug-likeness (QED) is 0.755. The van der Waals surface area contributed by atoms with Gasteiger partial charge in [0.15, 0.2) is 0 Å². The summed E-state index contributed by atoms with van der Waals surface area (Å²) in [5.41, 5.74) is 0.637. The van der Waals surface area contributed by atoms with Crippen LogP contribution < -0.4 is 4.90 Å². The van der Waals surface area contributed by atoms with Crippen molar-refractivity contribution >= 4 is 27.5 Å². The second-order valence-electron chi connectivity index (χ2n) is 4.75. The maximum Gasteiger partial charge on any atom is 0.258 e. The van der Waals surface area contributed by atoms with Crippen LogP contribution in [0.2, 0.25) is 0 Å². The van der Waals surface area contributed by atoms with Crippen molar-refractivity contribution in [3.63, 3.8) is 0 Å². The van der Waals surface area contributed by atoms with Crippen molar-refractivity contribution in [2.24, 2.45) is 0 Å². The molecule has 0 aliphatic carbocycles. The van der Waals surface area contributed by atoms with Crippen LogP contribution in [0.5, 0.6) is 0 Å². The van der Waals surface area contributed by atoms with Crippen molar-refractivity contribution in [2.75, 3.05) is 11.4 Å². The lowest BCUT2D eigenvalue weighted by molar-refractivity contribution is 0.0989. The molecule has 0 bridgehead atoms. The fourth-order valence-electron chi connectivity index (χ4n) is 2.47. The van der Waals surface area contributed by atoms with Gasteiger partial charge in [0, 0.05) is 28.2 Å². The first-order valence-corrected chi connectivity index (χ1v) is 7.01. The first-order chi connectivity index (χ1) is 9.95. The molecule has 0 N–H and O–H groups in total. The highest BCUT2D eigenvalue weighted by atomic mass is 79.9. The number of fused-ring (bicyclic) bond motifs is 1. The molecule has 0 aromatic heterocycles. The molecule has 0 saturated carbocycles. The first kappa shape index (κ1) is 14.1. The average molecular weight is 356 g/mol. The molecule has 2 aromatic rings. The van der Waals surface area contributed by atoms with E-state index in [4.69, 9.17) is 0 Å². The van der Waals surface area contributed by atoms with Crippen molar-refractivity contribution in [3.05, 3.63) is 63.4 Å². The standard InChI is InChI=1S/C15H9BrF3NO/c16-9-3-8(4-10(17)5-9)15(21)20-2-1-12-13(19)6-11(18)7-14(12)20/h3-7H,1-2H2. The van der Waals surface area contributed by atoms with Crippen LogP contribution in [0, 0.1) is 17.5 Å². The number of nitrogens with zero attached hydrogens (tertiary/aromatic N) is 1. The summed E-state index contributed by atoms with van der Waals surface area (Å²) >= 11 is 3.11. The van der Waals surface area contributed by atoms with Crippen molar-refractivity contribution in [2.45, 2.75) is 6.42 Å².